The Hall–Kier alpha value is -1.81. The summed E-state index contributed by atoms with van der Waals surface area (Å²) in [5, 5.41) is 9.19. The summed E-state index contributed by atoms with van der Waals surface area (Å²) in [6.07, 6.45) is 1.83. The normalized spacial score (nSPS) is 10.7. The molecule has 1 aromatic heterocycles. The highest BCUT2D eigenvalue weighted by Crippen LogP contribution is 2.22. The zero-order valence-electron chi connectivity index (χ0n) is 11.0. The van der Waals surface area contributed by atoms with Crippen molar-refractivity contribution in [3.8, 4) is 5.75 Å². The number of nitrogens with zero attached hydrogens (tertiary/aromatic N) is 2. The van der Waals surface area contributed by atoms with E-state index in [-0.39, 0.29) is 6.61 Å². The summed E-state index contributed by atoms with van der Waals surface area (Å²) in [6.45, 7) is 4.78. The smallest absolute Gasteiger partial charge is 0.123 e. The Morgan fingerprint density at radius 3 is 2.67 bits per heavy atom. The van der Waals surface area contributed by atoms with E-state index in [1.165, 1.54) is 0 Å². The van der Waals surface area contributed by atoms with Crippen LogP contribution in [0.15, 0.2) is 24.5 Å². The minimum atomic E-state index is 0.0406. The fraction of sp³-hybridized carbons (Fsp3) is 0.357. The van der Waals surface area contributed by atoms with Crippen molar-refractivity contribution in [2.45, 2.75) is 27.0 Å². The lowest BCUT2D eigenvalue weighted by Gasteiger charge is -2.12. The van der Waals surface area contributed by atoms with Crippen molar-refractivity contribution in [1.82, 2.24) is 9.55 Å². The van der Waals surface area contributed by atoms with Crippen LogP contribution in [-0.4, -0.2) is 21.8 Å². The third-order valence-electron chi connectivity index (χ3n) is 3.21. The minimum absolute atomic E-state index is 0.0406. The molecular weight excluding hydrogens is 228 g/mol. The molecule has 0 atom stereocenters. The summed E-state index contributed by atoms with van der Waals surface area (Å²) in [5.41, 5.74) is 4.11. The maximum absolute atomic E-state index is 9.19. The average Bonchev–Trinajstić information content (AvgIpc) is 2.70. The van der Waals surface area contributed by atoms with Crippen molar-refractivity contribution in [3.63, 3.8) is 0 Å². The van der Waals surface area contributed by atoms with E-state index in [2.05, 4.69) is 9.55 Å². The van der Waals surface area contributed by atoms with E-state index in [9.17, 15) is 5.11 Å². The Morgan fingerprint density at radius 1 is 1.33 bits per heavy atom. The Balaban J connectivity index is 2.35. The van der Waals surface area contributed by atoms with E-state index in [1.54, 1.807) is 7.11 Å². The van der Waals surface area contributed by atoms with Gasteiger partial charge in [-0.15, -0.1) is 0 Å². The molecule has 1 aromatic carbocycles. The molecule has 0 radical (unpaired) electrons. The molecule has 1 heterocycles. The molecule has 4 heteroatoms. The Labute approximate surface area is 107 Å². The van der Waals surface area contributed by atoms with Crippen LogP contribution in [0.5, 0.6) is 5.75 Å². The molecule has 1 N–H and O–H groups in total. The van der Waals surface area contributed by atoms with Gasteiger partial charge in [0.05, 0.1) is 32.3 Å². The Morgan fingerprint density at radius 2 is 2.11 bits per heavy atom. The third-order valence-corrected chi connectivity index (χ3v) is 3.21. The van der Waals surface area contributed by atoms with Crippen LogP contribution < -0.4 is 4.74 Å². The molecule has 0 aliphatic heterocycles. The number of methoxy groups -OCH3 is 1. The van der Waals surface area contributed by atoms with E-state index in [0.29, 0.717) is 6.54 Å². The lowest BCUT2D eigenvalue weighted by Crippen LogP contribution is -2.03. The van der Waals surface area contributed by atoms with Gasteiger partial charge >= 0.3 is 0 Å². The Bertz CT molecular complexity index is 547. The number of benzene rings is 1. The minimum Gasteiger partial charge on any atom is -0.496 e. The summed E-state index contributed by atoms with van der Waals surface area (Å²) in [5.74, 6) is 0.831. The maximum Gasteiger partial charge on any atom is 0.123 e. The molecule has 0 saturated carbocycles. The number of aliphatic hydroxyl groups excluding tert-OH is 1. The second-order valence-corrected chi connectivity index (χ2v) is 4.35. The molecule has 0 bridgehead atoms. The van der Waals surface area contributed by atoms with Crippen molar-refractivity contribution in [1.29, 1.82) is 0 Å². The summed E-state index contributed by atoms with van der Waals surface area (Å²) in [7, 11) is 1.66. The van der Waals surface area contributed by atoms with Gasteiger partial charge in [-0.05, 0) is 31.5 Å². The van der Waals surface area contributed by atoms with Gasteiger partial charge in [-0.2, -0.15) is 0 Å². The molecule has 0 unspecified atom stereocenters. The van der Waals surface area contributed by atoms with Gasteiger partial charge in [0.15, 0.2) is 0 Å². The predicted molar refractivity (Wildman–Crippen MR) is 69.7 cm³/mol. The molecule has 18 heavy (non-hydrogen) atoms. The summed E-state index contributed by atoms with van der Waals surface area (Å²) < 4.78 is 7.43. The second-order valence-electron chi connectivity index (χ2n) is 4.35. The second kappa shape index (κ2) is 5.23. The molecule has 0 aliphatic carbocycles. The molecule has 0 aliphatic rings. The molecule has 0 fully saturated rings. The quantitative estimate of drug-likeness (QED) is 0.898. The molecule has 2 rings (SSSR count). The molecule has 2 aromatic rings. The van der Waals surface area contributed by atoms with E-state index >= 15 is 0 Å². The zero-order valence-corrected chi connectivity index (χ0v) is 11.0. The van der Waals surface area contributed by atoms with Crippen molar-refractivity contribution in [3.05, 3.63) is 47.0 Å². The summed E-state index contributed by atoms with van der Waals surface area (Å²) in [4.78, 5) is 4.28. The first-order chi connectivity index (χ1) is 8.65. The highest BCUT2D eigenvalue weighted by atomic mass is 16.5. The highest BCUT2D eigenvalue weighted by molar-refractivity contribution is 5.37. The van der Waals surface area contributed by atoms with Crippen LogP contribution in [0.25, 0.3) is 0 Å². The molecule has 4 nitrogen and oxygen atoms in total. The van der Waals surface area contributed by atoms with Gasteiger partial charge in [-0.1, -0.05) is 6.07 Å². The number of imidazole rings is 1. The molecular formula is C14H18N2O2. The fourth-order valence-corrected chi connectivity index (χ4v) is 1.94. The monoisotopic (exact) mass is 246 g/mol. The van der Waals surface area contributed by atoms with Crippen LogP contribution in [0.1, 0.15) is 22.5 Å². The first kappa shape index (κ1) is 12.6. The van der Waals surface area contributed by atoms with Gasteiger partial charge in [0.25, 0.3) is 0 Å². The third kappa shape index (κ3) is 2.38. The Kier molecular flexibility index (Phi) is 3.67. The van der Waals surface area contributed by atoms with E-state index in [4.69, 9.17) is 4.74 Å². The van der Waals surface area contributed by atoms with Crippen LogP contribution >= 0.6 is 0 Å². The lowest BCUT2D eigenvalue weighted by molar-refractivity contribution is 0.281. The SMILES string of the molecule is COc1ccc(CO)cc1Cn1cnc(C)c1C. The first-order valence-corrected chi connectivity index (χ1v) is 5.90. The number of hydrogen-bond donors (Lipinski definition) is 1. The molecule has 0 spiro atoms. The topological polar surface area (TPSA) is 47.3 Å². The van der Waals surface area contributed by atoms with Crippen LogP contribution in [0.2, 0.25) is 0 Å². The van der Waals surface area contributed by atoms with Crippen molar-refractivity contribution in [2.75, 3.05) is 7.11 Å². The van der Waals surface area contributed by atoms with Gasteiger partial charge in [0.2, 0.25) is 0 Å². The number of hydrogen-bond acceptors (Lipinski definition) is 3. The van der Waals surface area contributed by atoms with Crippen molar-refractivity contribution < 1.29 is 9.84 Å². The van der Waals surface area contributed by atoms with Crippen molar-refractivity contribution >= 4 is 0 Å². The van der Waals surface area contributed by atoms with Crippen LogP contribution in [-0.2, 0) is 13.2 Å². The highest BCUT2D eigenvalue weighted by Gasteiger charge is 2.08. The van der Waals surface area contributed by atoms with E-state index in [1.807, 2.05) is 38.4 Å². The molecule has 0 amide bonds. The molecule has 0 saturated heterocycles. The predicted octanol–water partition coefficient (Wildman–Crippen LogP) is 2.05. The van der Waals surface area contributed by atoms with Gasteiger partial charge in [0, 0.05) is 11.3 Å². The summed E-state index contributed by atoms with van der Waals surface area (Å²) in [6, 6.07) is 5.72. The van der Waals surface area contributed by atoms with Crippen molar-refractivity contribution in [2.24, 2.45) is 0 Å². The standard InChI is InChI=1S/C14H18N2O2/c1-10-11(2)16(9-15-10)7-13-6-12(8-17)4-5-14(13)18-3/h4-6,9,17H,7-8H2,1-3H3. The van der Waals surface area contributed by atoms with Gasteiger partial charge in [-0.25, -0.2) is 4.98 Å². The van der Waals surface area contributed by atoms with Crippen LogP contribution in [0.3, 0.4) is 0 Å². The lowest BCUT2D eigenvalue weighted by atomic mass is 10.1. The van der Waals surface area contributed by atoms with Crippen LogP contribution in [0.4, 0.5) is 0 Å². The summed E-state index contributed by atoms with van der Waals surface area (Å²) >= 11 is 0. The van der Waals surface area contributed by atoms with E-state index < -0.39 is 0 Å². The molecule has 96 valence electrons. The van der Waals surface area contributed by atoms with Gasteiger partial charge in [0.1, 0.15) is 5.75 Å². The number of ether oxygens (including phenoxy) is 1. The zero-order chi connectivity index (χ0) is 13.1. The maximum atomic E-state index is 9.19. The number of rotatable bonds is 4. The number of aryl methyl sites for hydroxylation is 1. The van der Waals surface area contributed by atoms with E-state index in [0.717, 1.165) is 28.3 Å². The first-order valence-electron chi connectivity index (χ1n) is 5.90. The average molecular weight is 246 g/mol. The number of aliphatic hydroxyl groups is 1. The largest absolute Gasteiger partial charge is 0.496 e. The fourth-order valence-electron chi connectivity index (χ4n) is 1.94. The van der Waals surface area contributed by atoms with Crippen LogP contribution in [0, 0.1) is 13.8 Å². The van der Waals surface area contributed by atoms with Gasteiger partial charge in [-0.3, -0.25) is 0 Å². The number of aromatic nitrogens is 2. The van der Waals surface area contributed by atoms with Gasteiger partial charge < -0.3 is 14.4 Å².